The zero-order chi connectivity index (χ0) is 14.2. The second-order valence-electron chi connectivity index (χ2n) is 4.12. The number of halogens is 5. The molecule has 8 heteroatoms. The fourth-order valence-electron chi connectivity index (χ4n) is 0.989. The van der Waals surface area contributed by atoms with E-state index >= 15 is 0 Å². The Kier molecular flexibility index (Phi) is 3.61. The van der Waals surface area contributed by atoms with Gasteiger partial charge in [-0.1, -0.05) is 0 Å². The molecule has 0 saturated heterocycles. The number of nitrogens with one attached hydrogen (secondary N) is 1. The Hall–Kier alpha value is -1.70. The molecule has 0 spiro atoms. The SMILES string of the molecule is CC(C)(N)C(=O)Nc1c(F)c(F)c(F)c(F)c1F. The van der Waals surface area contributed by atoms with Crippen LogP contribution in [0.15, 0.2) is 0 Å². The summed E-state index contributed by atoms with van der Waals surface area (Å²) in [6, 6.07) is 0. The van der Waals surface area contributed by atoms with E-state index < -0.39 is 46.2 Å². The Balaban J connectivity index is 3.31. The summed E-state index contributed by atoms with van der Waals surface area (Å²) in [4.78, 5) is 11.3. The highest BCUT2D eigenvalue weighted by Crippen LogP contribution is 2.27. The maximum atomic E-state index is 13.2. The Morgan fingerprint density at radius 1 is 0.944 bits per heavy atom. The average molecular weight is 268 g/mol. The van der Waals surface area contributed by atoms with Crippen molar-refractivity contribution in [3.8, 4) is 0 Å². The average Bonchev–Trinajstić information content (AvgIpc) is 2.28. The lowest BCUT2D eigenvalue weighted by atomic mass is 10.1. The van der Waals surface area contributed by atoms with Crippen LogP contribution >= 0.6 is 0 Å². The van der Waals surface area contributed by atoms with E-state index in [-0.39, 0.29) is 0 Å². The second kappa shape index (κ2) is 4.52. The van der Waals surface area contributed by atoms with Crippen LogP contribution in [-0.4, -0.2) is 11.4 Å². The number of anilines is 1. The van der Waals surface area contributed by atoms with Crippen LogP contribution in [-0.2, 0) is 4.79 Å². The molecule has 1 rings (SSSR count). The van der Waals surface area contributed by atoms with Gasteiger partial charge in [-0.25, -0.2) is 22.0 Å². The number of rotatable bonds is 2. The monoisotopic (exact) mass is 268 g/mol. The minimum absolute atomic E-state index is 1.09. The first-order chi connectivity index (χ1) is 8.07. The van der Waals surface area contributed by atoms with E-state index in [9.17, 15) is 26.7 Å². The van der Waals surface area contributed by atoms with Gasteiger partial charge in [0, 0.05) is 0 Å². The molecule has 100 valence electrons. The van der Waals surface area contributed by atoms with Crippen LogP contribution in [0, 0.1) is 29.1 Å². The maximum Gasteiger partial charge on any atom is 0.244 e. The lowest BCUT2D eigenvalue weighted by Gasteiger charge is -2.18. The molecular formula is C10H9F5N2O. The van der Waals surface area contributed by atoms with Crippen molar-refractivity contribution in [2.75, 3.05) is 5.32 Å². The summed E-state index contributed by atoms with van der Waals surface area (Å²) in [6.07, 6.45) is 0. The summed E-state index contributed by atoms with van der Waals surface area (Å²) in [5.41, 5.74) is 2.35. The summed E-state index contributed by atoms with van der Waals surface area (Å²) < 4.78 is 64.7. The van der Waals surface area contributed by atoms with Crippen LogP contribution in [0.25, 0.3) is 0 Å². The first kappa shape index (κ1) is 14.4. The number of carbonyl (C=O) groups is 1. The number of benzene rings is 1. The Bertz CT molecular complexity index is 481. The highest BCUT2D eigenvalue weighted by Gasteiger charge is 2.30. The zero-order valence-corrected chi connectivity index (χ0v) is 9.38. The first-order valence-corrected chi connectivity index (χ1v) is 4.69. The molecule has 0 aliphatic rings. The molecule has 0 saturated carbocycles. The van der Waals surface area contributed by atoms with Crippen molar-refractivity contribution in [3.05, 3.63) is 29.1 Å². The fourth-order valence-corrected chi connectivity index (χ4v) is 0.989. The molecule has 0 fully saturated rings. The van der Waals surface area contributed by atoms with E-state index in [1.807, 2.05) is 0 Å². The minimum Gasteiger partial charge on any atom is -0.319 e. The van der Waals surface area contributed by atoms with Crippen molar-refractivity contribution in [2.45, 2.75) is 19.4 Å². The predicted molar refractivity (Wildman–Crippen MR) is 53.1 cm³/mol. The van der Waals surface area contributed by atoms with Crippen molar-refractivity contribution < 1.29 is 26.7 Å². The van der Waals surface area contributed by atoms with Crippen molar-refractivity contribution in [1.82, 2.24) is 0 Å². The smallest absolute Gasteiger partial charge is 0.244 e. The van der Waals surface area contributed by atoms with Gasteiger partial charge in [0.2, 0.25) is 11.7 Å². The number of nitrogens with two attached hydrogens (primary N) is 1. The third-order valence-electron chi connectivity index (χ3n) is 2.03. The molecule has 0 atom stereocenters. The number of carbonyl (C=O) groups excluding carboxylic acids is 1. The van der Waals surface area contributed by atoms with Gasteiger partial charge in [0.05, 0.1) is 5.54 Å². The number of amides is 1. The summed E-state index contributed by atoms with van der Waals surface area (Å²) in [6.45, 7) is 2.41. The molecule has 0 unspecified atom stereocenters. The first-order valence-electron chi connectivity index (χ1n) is 4.69. The van der Waals surface area contributed by atoms with Gasteiger partial charge >= 0.3 is 0 Å². The molecule has 18 heavy (non-hydrogen) atoms. The van der Waals surface area contributed by atoms with Crippen LogP contribution in [0.4, 0.5) is 27.6 Å². The number of hydrogen-bond donors (Lipinski definition) is 2. The van der Waals surface area contributed by atoms with E-state index in [0.29, 0.717) is 0 Å². The summed E-state index contributed by atoms with van der Waals surface area (Å²) in [7, 11) is 0. The molecule has 1 amide bonds. The van der Waals surface area contributed by atoms with E-state index in [1.54, 1.807) is 5.32 Å². The molecular weight excluding hydrogens is 259 g/mol. The molecule has 0 radical (unpaired) electrons. The summed E-state index contributed by atoms with van der Waals surface area (Å²) in [5.74, 6) is -11.9. The van der Waals surface area contributed by atoms with Gasteiger partial charge in [-0.2, -0.15) is 0 Å². The molecule has 1 aromatic rings. The Labute approximate surface area is 98.8 Å². The highest BCUT2D eigenvalue weighted by molar-refractivity contribution is 5.97. The summed E-state index contributed by atoms with van der Waals surface area (Å²) in [5, 5.41) is 1.57. The lowest BCUT2D eigenvalue weighted by Crippen LogP contribution is -2.45. The van der Waals surface area contributed by atoms with Gasteiger partial charge in [0.15, 0.2) is 23.3 Å². The van der Waals surface area contributed by atoms with Gasteiger partial charge in [-0.05, 0) is 13.8 Å². The van der Waals surface area contributed by atoms with E-state index in [4.69, 9.17) is 5.73 Å². The molecule has 3 N–H and O–H groups in total. The Morgan fingerprint density at radius 3 is 1.61 bits per heavy atom. The van der Waals surface area contributed by atoms with E-state index in [0.717, 1.165) is 0 Å². The van der Waals surface area contributed by atoms with Gasteiger partial charge < -0.3 is 11.1 Å². The van der Waals surface area contributed by atoms with Crippen molar-refractivity contribution in [2.24, 2.45) is 5.73 Å². The van der Waals surface area contributed by atoms with Crippen molar-refractivity contribution in [1.29, 1.82) is 0 Å². The Morgan fingerprint density at radius 2 is 1.28 bits per heavy atom. The highest BCUT2D eigenvalue weighted by atomic mass is 19.2. The zero-order valence-electron chi connectivity index (χ0n) is 9.38. The predicted octanol–water partition coefficient (Wildman–Crippen LogP) is 2.06. The molecule has 0 bridgehead atoms. The fraction of sp³-hybridized carbons (Fsp3) is 0.300. The standard InChI is InChI=1S/C10H9F5N2O/c1-10(2,16)9(18)17-8-6(14)4(12)3(11)5(13)7(8)15/h16H2,1-2H3,(H,17,18). The third-order valence-corrected chi connectivity index (χ3v) is 2.03. The lowest BCUT2D eigenvalue weighted by molar-refractivity contribution is -0.120. The van der Waals surface area contributed by atoms with Crippen LogP contribution in [0.5, 0.6) is 0 Å². The molecule has 3 nitrogen and oxygen atoms in total. The van der Waals surface area contributed by atoms with E-state index in [2.05, 4.69) is 0 Å². The van der Waals surface area contributed by atoms with Crippen LogP contribution in [0.3, 0.4) is 0 Å². The molecule has 0 heterocycles. The van der Waals surface area contributed by atoms with Gasteiger partial charge in [0.1, 0.15) is 5.69 Å². The topological polar surface area (TPSA) is 55.1 Å². The molecule has 0 aromatic heterocycles. The van der Waals surface area contributed by atoms with Crippen LogP contribution in [0.2, 0.25) is 0 Å². The van der Waals surface area contributed by atoms with Gasteiger partial charge in [-0.3, -0.25) is 4.79 Å². The number of hydrogen-bond acceptors (Lipinski definition) is 2. The van der Waals surface area contributed by atoms with Crippen LogP contribution in [0.1, 0.15) is 13.8 Å². The normalized spacial score (nSPS) is 11.6. The van der Waals surface area contributed by atoms with Crippen molar-refractivity contribution >= 4 is 11.6 Å². The molecule has 1 aromatic carbocycles. The minimum atomic E-state index is -2.30. The quantitative estimate of drug-likeness (QED) is 0.490. The third kappa shape index (κ3) is 2.42. The van der Waals surface area contributed by atoms with Gasteiger partial charge in [-0.15, -0.1) is 0 Å². The second-order valence-corrected chi connectivity index (χ2v) is 4.12. The van der Waals surface area contributed by atoms with Crippen LogP contribution < -0.4 is 11.1 Å². The largest absolute Gasteiger partial charge is 0.319 e. The van der Waals surface area contributed by atoms with E-state index in [1.165, 1.54) is 13.8 Å². The van der Waals surface area contributed by atoms with Gasteiger partial charge in [0.25, 0.3) is 0 Å². The van der Waals surface area contributed by atoms with Crippen molar-refractivity contribution in [3.63, 3.8) is 0 Å². The maximum absolute atomic E-state index is 13.2. The summed E-state index contributed by atoms with van der Waals surface area (Å²) >= 11 is 0. The molecule has 0 aliphatic carbocycles. The molecule has 0 aliphatic heterocycles.